The Morgan fingerprint density at radius 3 is 2.81 bits per heavy atom. The fourth-order valence-corrected chi connectivity index (χ4v) is 2.51. The number of hydrogen-bond donors (Lipinski definition) is 1. The predicted octanol–water partition coefficient (Wildman–Crippen LogP) is 3.33. The number of thiocarbonyl (C=S) groups is 1. The fraction of sp³-hybridized carbons (Fsp3) is 0.286. The Labute approximate surface area is 136 Å². The van der Waals surface area contributed by atoms with E-state index in [2.05, 4.69) is 21.0 Å². The normalized spacial score (nSPS) is 10.7. The Hall–Kier alpha value is -1.47. The van der Waals surface area contributed by atoms with Crippen molar-refractivity contribution in [3.8, 4) is 5.75 Å². The number of ether oxygens (including phenoxy) is 1. The highest BCUT2D eigenvalue weighted by atomic mass is 79.9. The van der Waals surface area contributed by atoms with E-state index in [9.17, 15) is 4.39 Å². The lowest BCUT2D eigenvalue weighted by Gasteiger charge is -2.09. The maximum atomic E-state index is 13.8. The molecular weight excluding hydrogens is 357 g/mol. The number of aromatic nitrogens is 2. The first-order chi connectivity index (χ1) is 9.93. The monoisotopic (exact) mass is 371 g/mol. The number of nitrogens with two attached hydrogens (primary N) is 1. The van der Waals surface area contributed by atoms with E-state index >= 15 is 0 Å². The van der Waals surface area contributed by atoms with Gasteiger partial charge in [0, 0.05) is 18.2 Å². The standard InChI is InChI=1S/C14H15BrFN3OS/c1-3-19-12(13(15)8(2)18-19)7-20-9-4-5-10(14(17)21)11(16)6-9/h4-6H,3,7H2,1-2H3,(H2,17,21). The summed E-state index contributed by atoms with van der Waals surface area (Å²) in [6, 6.07) is 4.44. The van der Waals surface area contributed by atoms with Gasteiger partial charge in [0.2, 0.25) is 0 Å². The maximum Gasteiger partial charge on any atom is 0.137 e. The second-order valence-corrected chi connectivity index (χ2v) is 5.69. The van der Waals surface area contributed by atoms with Crippen LogP contribution in [-0.4, -0.2) is 14.8 Å². The summed E-state index contributed by atoms with van der Waals surface area (Å²) in [7, 11) is 0. The Kier molecular flexibility index (Phi) is 4.95. The summed E-state index contributed by atoms with van der Waals surface area (Å²) in [6.45, 7) is 4.94. The van der Waals surface area contributed by atoms with Crippen LogP contribution >= 0.6 is 28.1 Å². The van der Waals surface area contributed by atoms with Crippen LogP contribution in [0.4, 0.5) is 4.39 Å². The molecule has 0 radical (unpaired) electrons. The number of aryl methyl sites for hydroxylation is 2. The summed E-state index contributed by atoms with van der Waals surface area (Å²) in [5.74, 6) is -0.0693. The van der Waals surface area contributed by atoms with Crippen LogP contribution in [0.5, 0.6) is 5.75 Å². The van der Waals surface area contributed by atoms with Crippen molar-refractivity contribution in [3.63, 3.8) is 0 Å². The molecule has 0 fully saturated rings. The molecular formula is C14H15BrFN3OS. The largest absolute Gasteiger partial charge is 0.487 e. The van der Waals surface area contributed by atoms with Gasteiger partial charge in [-0.1, -0.05) is 12.2 Å². The van der Waals surface area contributed by atoms with Gasteiger partial charge >= 0.3 is 0 Å². The van der Waals surface area contributed by atoms with E-state index in [0.717, 1.165) is 22.4 Å². The molecule has 0 aliphatic heterocycles. The van der Waals surface area contributed by atoms with E-state index in [-0.39, 0.29) is 10.6 Å². The topological polar surface area (TPSA) is 53.1 Å². The minimum atomic E-state index is -0.487. The third-order valence-electron chi connectivity index (χ3n) is 3.03. The Balaban J connectivity index is 2.17. The van der Waals surface area contributed by atoms with Crippen LogP contribution in [0.15, 0.2) is 22.7 Å². The molecule has 2 rings (SSSR count). The van der Waals surface area contributed by atoms with Gasteiger partial charge in [0.15, 0.2) is 0 Å². The van der Waals surface area contributed by atoms with E-state index in [1.54, 1.807) is 6.07 Å². The van der Waals surface area contributed by atoms with Gasteiger partial charge in [0.05, 0.1) is 15.9 Å². The molecule has 0 atom stereocenters. The highest BCUT2D eigenvalue weighted by Gasteiger charge is 2.13. The zero-order valence-corrected chi connectivity index (χ0v) is 14.1. The number of rotatable bonds is 5. The second-order valence-electron chi connectivity index (χ2n) is 4.46. The molecule has 0 aliphatic rings. The van der Waals surface area contributed by atoms with Gasteiger partial charge in [-0.15, -0.1) is 0 Å². The molecule has 0 saturated heterocycles. The third kappa shape index (κ3) is 3.41. The molecule has 2 aromatic rings. The first kappa shape index (κ1) is 15.9. The Morgan fingerprint density at radius 2 is 2.24 bits per heavy atom. The van der Waals surface area contributed by atoms with Crippen molar-refractivity contribution < 1.29 is 9.13 Å². The molecule has 2 N–H and O–H groups in total. The van der Waals surface area contributed by atoms with Crippen molar-refractivity contribution in [3.05, 3.63) is 45.4 Å². The van der Waals surface area contributed by atoms with Crippen LogP contribution in [-0.2, 0) is 13.2 Å². The minimum Gasteiger partial charge on any atom is -0.487 e. The van der Waals surface area contributed by atoms with Gasteiger partial charge in [-0.25, -0.2) is 4.39 Å². The quantitative estimate of drug-likeness (QED) is 0.819. The van der Waals surface area contributed by atoms with Crippen molar-refractivity contribution in [1.29, 1.82) is 0 Å². The number of halogens is 2. The molecule has 0 aliphatic carbocycles. The molecule has 1 heterocycles. The first-order valence-corrected chi connectivity index (χ1v) is 7.58. The van der Waals surface area contributed by atoms with Crippen LogP contribution in [0.3, 0.4) is 0 Å². The molecule has 0 unspecified atom stereocenters. The van der Waals surface area contributed by atoms with Gasteiger partial charge in [-0.05, 0) is 41.9 Å². The van der Waals surface area contributed by atoms with E-state index in [1.165, 1.54) is 12.1 Å². The molecule has 112 valence electrons. The SMILES string of the molecule is CCn1nc(C)c(Br)c1COc1ccc(C(N)=S)c(F)c1. The molecule has 0 saturated carbocycles. The summed E-state index contributed by atoms with van der Waals surface area (Å²) >= 11 is 8.26. The van der Waals surface area contributed by atoms with Gasteiger partial charge in [0.25, 0.3) is 0 Å². The van der Waals surface area contributed by atoms with Crippen molar-refractivity contribution in [1.82, 2.24) is 9.78 Å². The first-order valence-electron chi connectivity index (χ1n) is 6.38. The van der Waals surface area contributed by atoms with Crippen LogP contribution in [0.25, 0.3) is 0 Å². The number of nitrogens with zero attached hydrogens (tertiary/aromatic N) is 2. The van der Waals surface area contributed by atoms with Crippen LogP contribution < -0.4 is 10.5 Å². The summed E-state index contributed by atoms with van der Waals surface area (Å²) in [6.07, 6.45) is 0. The minimum absolute atomic E-state index is 0.0291. The molecule has 0 bridgehead atoms. The Morgan fingerprint density at radius 1 is 1.52 bits per heavy atom. The molecule has 1 aromatic carbocycles. The van der Waals surface area contributed by atoms with Crippen LogP contribution in [0.1, 0.15) is 23.9 Å². The van der Waals surface area contributed by atoms with Crippen molar-refractivity contribution >= 4 is 33.1 Å². The van der Waals surface area contributed by atoms with Crippen molar-refractivity contribution in [2.24, 2.45) is 5.73 Å². The Bertz CT molecular complexity index is 687. The third-order valence-corrected chi connectivity index (χ3v) is 4.29. The van der Waals surface area contributed by atoms with E-state index in [0.29, 0.717) is 12.4 Å². The average molecular weight is 372 g/mol. The molecule has 0 amide bonds. The smallest absolute Gasteiger partial charge is 0.137 e. The lowest BCUT2D eigenvalue weighted by atomic mass is 10.2. The van der Waals surface area contributed by atoms with Gasteiger partial charge in [-0.2, -0.15) is 5.10 Å². The number of hydrogen-bond acceptors (Lipinski definition) is 3. The summed E-state index contributed by atoms with van der Waals surface area (Å²) in [5, 5.41) is 4.38. The highest BCUT2D eigenvalue weighted by molar-refractivity contribution is 9.10. The molecule has 7 heteroatoms. The van der Waals surface area contributed by atoms with Gasteiger partial charge < -0.3 is 10.5 Å². The van der Waals surface area contributed by atoms with Crippen molar-refractivity contribution in [2.75, 3.05) is 0 Å². The van der Waals surface area contributed by atoms with Gasteiger partial charge in [0.1, 0.15) is 23.2 Å². The highest BCUT2D eigenvalue weighted by Crippen LogP contribution is 2.23. The molecule has 4 nitrogen and oxygen atoms in total. The summed E-state index contributed by atoms with van der Waals surface area (Å²) < 4.78 is 22.2. The zero-order chi connectivity index (χ0) is 15.6. The van der Waals surface area contributed by atoms with E-state index in [4.69, 9.17) is 22.7 Å². The predicted molar refractivity (Wildman–Crippen MR) is 87.0 cm³/mol. The lowest BCUT2D eigenvalue weighted by molar-refractivity contribution is 0.290. The van der Waals surface area contributed by atoms with Gasteiger partial charge in [-0.3, -0.25) is 4.68 Å². The summed E-state index contributed by atoms with van der Waals surface area (Å²) in [4.78, 5) is 0.0291. The fourth-order valence-electron chi connectivity index (χ4n) is 1.94. The zero-order valence-electron chi connectivity index (χ0n) is 11.7. The van der Waals surface area contributed by atoms with Crippen LogP contribution in [0, 0.1) is 12.7 Å². The average Bonchev–Trinajstić information content (AvgIpc) is 2.71. The van der Waals surface area contributed by atoms with E-state index in [1.807, 2.05) is 18.5 Å². The van der Waals surface area contributed by atoms with E-state index < -0.39 is 5.82 Å². The maximum absolute atomic E-state index is 13.8. The lowest BCUT2D eigenvalue weighted by Crippen LogP contribution is -2.12. The molecule has 21 heavy (non-hydrogen) atoms. The second kappa shape index (κ2) is 6.53. The van der Waals surface area contributed by atoms with Crippen molar-refractivity contribution in [2.45, 2.75) is 27.0 Å². The molecule has 0 spiro atoms. The molecule has 1 aromatic heterocycles. The summed E-state index contributed by atoms with van der Waals surface area (Å²) in [5.41, 5.74) is 7.44. The van der Waals surface area contributed by atoms with Crippen LogP contribution in [0.2, 0.25) is 0 Å². The number of benzene rings is 1.